The van der Waals surface area contributed by atoms with E-state index in [9.17, 15) is 0 Å². The summed E-state index contributed by atoms with van der Waals surface area (Å²) in [6.07, 6.45) is 1.83. The largest absolute Gasteiger partial charge is 0.377 e. The van der Waals surface area contributed by atoms with Crippen molar-refractivity contribution in [3.05, 3.63) is 69.2 Å². The zero-order valence-corrected chi connectivity index (χ0v) is 14.6. The van der Waals surface area contributed by atoms with E-state index in [1.165, 1.54) is 5.56 Å². The van der Waals surface area contributed by atoms with Crippen LogP contribution in [0.2, 0.25) is 0 Å². The molecule has 1 aromatic heterocycles. The van der Waals surface area contributed by atoms with Crippen molar-refractivity contribution in [1.29, 1.82) is 0 Å². The lowest BCUT2D eigenvalue weighted by atomic mass is 10.1. The Balaban J connectivity index is 1.94. The minimum Gasteiger partial charge on any atom is -0.377 e. The molecule has 0 aliphatic heterocycles. The normalized spacial score (nSPS) is 12.3. The van der Waals surface area contributed by atoms with Gasteiger partial charge in [0.25, 0.3) is 0 Å². The van der Waals surface area contributed by atoms with E-state index in [1.54, 1.807) is 0 Å². The van der Waals surface area contributed by atoms with E-state index in [1.807, 2.05) is 12.3 Å². The van der Waals surface area contributed by atoms with Crippen molar-refractivity contribution in [2.24, 2.45) is 0 Å². The molecule has 1 atom stereocenters. The molecule has 1 unspecified atom stereocenters. The van der Waals surface area contributed by atoms with Crippen LogP contribution in [-0.2, 0) is 0 Å². The summed E-state index contributed by atoms with van der Waals surface area (Å²) in [6.45, 7) is 2.15. The quantitative estimate of drug-likeness (QED) is 0.583. The summed E-state index contributed by atoms with van der Waals surface area (Å²) in [6, 6.07) is 16.6. The van der Waals surface area contributed by atoms with E-state index < -0.39 is 0 Å². The van der Waals surface area contributed by atoms with Gasteiger partial charge < -0.3 is 5.32 Å². The fourth-order valence-corrected chi connectivity index (χ4v) is 3.77. The second-order valence-electron chi connectivity index (χ2n) is 4.91. The number of fused-ring (bicyclic) bond motifs is 1. The lowest BCUT2D eigenvalue weighted by molar-refractivity contribution is 0.879. The van der Waals surface area contributed by atoms with Crippen LogP contribution in [0.3, 0.4) is 0 Å². The third-order valence-electron chi connectivity index (χ3n) is 3.43. The lowest BCUT2D eigenvalue weighted by Gasteiger charge is -2.18. The first-order chi connectivity index (χ1) is 10.1. The third-order valence-corrected chi connectivity index (χ3v) is 4.61. The van der Waals surface area contributed by atoms with Crippen LogP contribution >= 0.6 is 31.9 Å². The molecule has 3 aromatic rings. The highest BCUT2D eigenvalue weighted by Gasteiger charge is 2.11. The number of hydrogen-bond donors (Lipinski definition) is 1. The lowest BCUT2D eigenvalue weighted by Crippen LogP contribution is -2.08. The number of rotatable bonds is 3. The van der Waals surface area contributed by atoms with Crippen LogP contribution in [0.4, 0.5) is 5.69 Å². The van der Waals surface area contributed by atoms with Crippen molar-refractivity contribution in [2.75, 3.05) is 5.32 Å². The average Bonchev–Trinajstić information content (AvgIpc) is 2.47. The number of nitrogens with one attached hydrogen (secondary N) is 1. The van der Waals surface area contributed by atoms with Crippen LogP contribution in [0.1, 0.15) is 18.5 Å². The molecule has 0 radical (unpaired) electrons. The summed E-state index contributed by atoms with van der Waals surface area (Å²) >= 11 is 7.11. The van der Waals surface area contributed by atoms with Crippen molar-refractivity contribution < 1.29 is 0 Å². The Bertz CT molecular complexity index is 781. The number of hydrogen-bond acceptors (Lipinski definition) is 2. The van der Waals surface area contributed by atoms with E-state index in [4.69, 9.17) is 0 Å². The molecular weight excluding hydrogens is 392 g/mol. The van der Waals surface area contributed by atoms with Gasteiger partial charge in [-0.1, -0.05) is 56.1 Å². The zero-order valence-electron chi connectivity index (χ0n) is 11.5. The molecule has 4 heteroatoms. The summed E-state index contributed by atoms with van der Waals surface area (Å²) < 4.78 is 2.15. The molecule has 21 heavy (non-hydrogen) atoms. The van der Waals surface area contributed by atoms with Gasteiger partial charge >= 0.3 is 0 Å². The van der Waals surface area contributed by atoms with E-state index >= 15 is 0 Å². The summed E-state index contributed by atoms with van der Waals surface area (Å²) in [5.74, 6) is 0. The first-order valence-corrected chi connectivity index (χ1v) is 8.29. The number of para-hydroxylation sites is 1. The zero-order chi connectivity index (χ0) is 14.8. The molecule has 0 bridgehead atoms. The molecule has 0 saturated carbocycles. The molecule has 1 N–H and O–H groups in total. The Morgan fingerprint density at radius 2 is 1.86 bits per heavy atom. The third kappa shape index (κ3) is 3.11. The predicted molar refractivity (Wildman–Crippen MR) is 95.6 cm³/mol. The second kappa shape index (κ2) is 6.16. The maximum Gasteiger partial charge on any atom is 0.0933 e. The summed E-state index contributed by atoms with van der Waals surface area (Å²) in [5.41, 5.74) is 3.27. The number of anilines is 1. The SMILES string of the molecule is CC(Nc1cccc2cccnc12)c1ccc(Br)cc1Br. The van der Waals surface area contributed by atoms with Gasteiger partial charge in [-0.05, 0) is 36.8 Å². The standard InChI is InChI=1S/C17H14Br2N2/c1-11(14-8-7-13(18)10-15(14)19)21-16-6-2-4-12-5-3-9-20-17(12)16/h2-11,21H,1H3. The van der Waals surface area contributed by atoms with E-state index in [2.05, 4.69) is 91.5 Å². The van der Waals surface area contributed by atoms with Gasteiger partial charge in [0.05, 0.1) is 11.2 Å². The molecule has 106 valence electrons. The highest BCUT2D eigenvalue weighted by atomic mass is 79.9. The Labute approximate surface area is 140 Å². The van der Waals surface area contributed by atoms with Gasteiger partial charge in [-0.2, -0.15) is 0 Å². The van der Waals surface area contributed by atoms with Gasteiger partial charge in [0.15, 0.2) is 0 Å². The van der Waals surface area contributed by atoms with Crippen LogP contribution in [0.25, 0.3) is 10.9 Å². The van der Waals surface area contributed by atoms with E-state index in [0.29, 0.717) is 0 Å². The van der Waals surface area contributed by atoms with Gasteiger partial charge in [0.1, 0.15) is 0 Å². The number of benzene rings is 2. The Hall–Kier alpha value is -1.39. The van der Waals surface area contributed by atoms with Crippen LogP contribution in [0, 0.1) is 0 Å². The molecular formula is C17H14Br2N2. The van der Waals surface area contributed by atoms with Crippen molar-refractivity contribution in [1.82, 2.24) is 4.98 Å². The van der Waals surface area contributed by atoms with Gasteiger partial charge in [0.2, 0.25) is 0 Å². The number of halogens is 2. The molecule has 1 heterocycles. The van der Waals surface area contributed by atoms with Crippen LogP contribution < -0.4 is 5.32 Å². The van der Waals surface area contributed by atoms with Gasteiger partial charge in [-0.15, -0.1) is 0 Å². The highest BCUT2D eigenvalue weighted by Crippen LogP contribution is 2.30. The molecule has 0 saturated heterocycles. The minimum absolute atomic E-state index is 0.181. The molecule has 0 aliphatic rings. The van der Waals surface area contributed by atoms with Crippen molar-refractivity contribution in [3.8, 4) is 0 Å². The molecule has 2 aromatic carbocycles. The predicted octanol–water partition coefficient (Wildman–Crippen LogP) is 5.93. The molecule has 2 nitrogen and oxygen atoms in total. The summed E-state index contributed by atoms with van der Waals surface area (Å²) in [5, 5.41) is 4.70. The monoisotopic (exact) mass is 404 g/mol. The fraction of sp³-hybridized carbons (Fsp3) is 0.118. The summed E-state index contributed by atoms with van der Waals surface area (Å²) in [4.78, 5) is 4.48. The maximum absolute atomic E-state index is 4.48. The number of pyridine rings is 1. The minimum atomic E-state index is 0.181. The highest BCUT2D eigenvalue weighted by molar-refractivity contribution is 9.11. The summed E-state index contributed by atoms with van der Waals surface area (Å²) in [7, 11) is 0. The molecule has 0 spiro atoms. The fourth-order valence-electron chi connectivity index (χ4n) is 2.38. The second-order valence-corrected chi connectivity index (χ2v) is 6.68. The molecule has 0 aliphatic carbocycles. The average molecular weight is 406 g/mol. The Kier molecular flexibility index (Phi) is 4.27. The van der Waals surface area contributed by atoms with E-state index in [-0.39, 0.29) is 6.04 Å². The van der Waals surface area contributed by atoms with Gasteiger partial charge in [-0.25, -0.2) is 0 Å². The van der Waals surface area contributed by atoms with Gasteiger partial charge in [0, 0.05) is 26.6 Å². The first kappa shape index (κ1) is 14.5. The number of nitrogens with zero attached hydrogens (tertiary/aromatic N) is 1. The van der Waals surface area contributed by atoms with Crippen molar-refractivity contribution in [2.45, 2.75) is 13.0 Å². The topological polar surface area (TPSA) is 24.9 Å². The Morgan fingerprint density at radius 1 is 1.05 bits per heavy atom. The van der Waals surface area contributed by atoms with Crippen LogP contribution in [0.15, 0.2) is 63.7 Å². The number of aromatic nitrogens is 1. The van der Waals surface area contributed by atoms with Crippen LogP contribution in [0.5, 0.6) is 0 Å². The van der Waals surface area contributed by atoms with Crippen LogP contribution in [-0.4, -0.2) is 4.98 Å². The molecule has 0 fully saturated rings. The Morgan fingerprint density at radius 3 is 2.67 bits per heavy atom. The van der Waals surface area contributed by atoms with Crippen molar-refractivity contribution in [3.63, 3.8) is 0 Å². The molecule has 0 amide bonds. The first-order valence-electron chi connectivity index (χ1n) is 6.70. The maximum atomic E-state index is 4.48. The smallest absolute Gasteiger partial charge is 0.0933 e. The van der Waals surface area contributed by atoms with E-state index in [0.717, 1.165) is 25.5 Å². The van der Waals surface area contributed by atoms with Crippen molar-refractivity contribution >= 4 is 48.5 Å². The molecule has 3 rings (SSSR count). The van der Waals surface area contributed by atoms with Gasteiger partial charge in [-0.3, -0.25) is 4.98 Å².